The number of fused-ring (bicyclic) bond motifs is 3. The molecule has 0 fully saturated rings. The fourth-order valence-corrected chi connectivity index (χ4v) is 2.45. The van der Waals surface area contributed by atoms with Crippen molar-refractivity contribution in [3.8, 4) is 0 Å². The highest BCUT2D eigenvalue weighted by Gasteiger charge is 2.11. The minimum Gasteiger partial charge on any atom is -0.0836 e. The molecule has 1 atom stereocenters. The summed E-state index contributed by atoms with van der Waals surface area (Å²) in [6.07, 6.45) is 16.0. The normalized spacial score (nSPS) is 21.4. The zero-order chi connectivity index (χ0) is 11.0. The molecule has 0 amide bonds. The molecule has 0 bridgehead atoms. The Balaban J connectivity index is 2.22. The molecule has 0 N–H and O–H groups in total. The van der Waals surface area contributed by atoms with Crippen LogP contribution in [0.1, 0.15) is 35.6 Å². The molecular formula is C16H16. The van der Waals surface area contributed by atoms with Crippen molar-refractivity contribution in [1.82, 2.24) is 0 Å². The van der Waals surface area contributed by atoms with E-state index in [1.807, 2.05) is 0 Å². The van der Waals surface area contributed by atoms with Gasteiger partial charge in [0.25, 0.3) is 0 Å². The fourth-order valence-electron chi connectivity index (χ4n) is 2.45. The maximum Gasteiger partial charge on any atom is -0.00752 e. The lowest BCUT2D eigenvalue weighted by Crippen LogP contribution is -1.98. The lowest BCUT2D eigenvalue weighted by Gasteiger charge is -2.15. The molecule has 0 spiro atoms. The van der Waals surface area contributed by atoms with Crippen LogP contribution in [0.2, 0.25) is 0 Å². The molecule has 0 saturated heterocycles. The zero-order valence-electron chi connectivity index (χ0n) is 9.61. The molecule has 3 rings (SSSR count). The Kier molecular flexibility index (Phi) is 2.28. The average molecular weight is 208 g/mol. The molecule has 2 aliphatic carbocycles. The standard InChI is InChI=1S/C16H16/c1-12-6-8-14-10-9-13-4-2-3-5-15(13)16(14)11-7-12/h3,5-12H,2,4H2,1H3. The Hall–Kier alpha value is -1.56. The van der Waals surface area contributed by atoms with Gasteiger partial charge >= 0.3 is 0 Å². The van der Waals surface area contributed by atoms with Crippen molar-refractivity contribution in [3.63, 3.8) is 0 Å². The van der Waals surface area contributed by atoms with Crippen LogP contribution in [0.3, 0.4) is 0 Å². The molecule has 2 aliphatic rings. The van der Waals surface area contributed by atoms with Crippen LogP contribution in [0.5, 0.6) is 0 Å². The van der Waals surface area contributed by atoms with Crippen LogP contribution in [0.15, 0.2) is 30.4 Å². The first kappa shape index (κ1) is 9.65. The van der Waals surface area contributed by atoms with Crippen LogP contribution in [-0.4, -0.2) is 0 Å². The van der Waals surface area contributed by atoms with E-state index in [1.165, 1.54) is 35.1 Å². The quantitative estimate of drug-likeness (QED) is 0.595. The summed E-state index contributed by atoms with van der Waals surface area (Å²) >= 11 is 0. The van der Waals surface area contributed by atoms with Gasteiger partial charge in [-0.25, -0.2) is 0 Å². The Morgan fingerprint density at radius 3 is 2.81 bits per heavy atom. The third-order valence-corrected chi connectivity index (χ3v) is 3.42. The van der Waals surface area contributed by atoms with Gasteiger partial charge in [0.05, 0.1) is 0 Å². The zero-order valence-corrected chi connectivity index (χ0v) is 9.61. The van der Waals surface area contributed by atoms with Gasteiger partial charge in [-0.3, -0.25) is 0 Å². The van der Waals surface area contributed by atoms with Crippen LogP contribution in [0, 0.1) is 5.92 Å². The van der Waals surface area contributed by atoms with E-state index in [-0.39, 0.29) is 0 Å². The van der Waals surface area contributed by atoms with Crippen molar-refractivity contribution in [1.29, 1.82) is 0 Å². The van der Waals surface area contributed by atoms with E-state index in [0.717, 1.165) is 0 Å². The van der Waals surface area contributed by atoms with Crippen LogP contribution < -0.4 is 0 Å². The summed E-state index contributed by atoms with van der Waals surface area (Å²) in [7, 11) is 0. The molecule has 1 aromatic rings. The second-order valence-electron chi connectivity index (χ2n) is 4.66. The molecule has 1 unspecified atom stereocenters. The second kappa shape index (κ2) is 3.79. The Labute approximate surface area is 97.0 Å². The number of hydrogen-bond acceptors (Lipinski definition) is 0. The smallest absolute Gasteiger partial charge is 0.00752 e. The first-order valence-electron chi connectivity index (χ1n) is 6.03. The maximum absolute atomic E-state index is 2.29. The van der Waals surface area contributed by atoms with Gasteiger partial charge in [0.15, 0.2) is 0 Å². The molecule has 80 valence electrons. The Bertz CT molecular complexity index is 501. The predicted octanol–water partition coefficient (Wildman–Crippen LogP) is 4.32. The van der Waals surface area contributed by atoms with E-state index in [2.05, 4.69) is 55.5 Å². The molecule has 1 aromatic carbocycles. The molecular weight excluding hydrogens is 192 g/mol. The summed E-state index contributed by atoms with van der Waals surface area (Å²) in [5.74, 6) is 0.538. The van der Waals surface area contributed by atoms with E-state index in [0.29, 0.717) is 5.92 Å². The highest BCUT2D eigenvalue weighted by atomic mass is 14.2. The van der Waals surface area contributed by atoms with Crippen LogP contribution in [0.25, 0.3) is 18.2 Å². The lowest BCUT2D eigenvalue weighted by atomic mass is 9.90. The highest BCUT2D eigenvalue weighted by molar-refractivity contribution is 5.77. The van der Waals surface area contributed by atoms with Gasteiger partial charge < -0.3 is 0 Å². The first-order valence-corrected chi connectivity index (χ1v) is 6.03. The van der Waals surface area contributed by atoms with E-state index in [1.54, 1.807) is 0 Å². The summed E-state index contributed by atoms with van der Waals surface area (Å²) < 4.78 is 0. The van der Waals surface area contributed by atoms with Gasteiger partial charge in [-0.05, 0) is 41.0 Å². The average Bonchev–Trinajstić information content (AvgIpc) is 2.52. The van der Waals surface area contributed by atoms with Crippen molar-refractivity contribution in [2.75, 3.05) is 0 Å². The van der Waals surface area contributed by atoms with Gasteiger partial charge in [-0.2, -0.15) is 0 Å². The molecule has 16 heavy (non-hydrogen) atoms. The van der Waals surface area contributed by atoms with Crippen LogP contribution in [-0.2, 0) is 6.42 Å². The third kappa shape index (κ3) is 1.55. The van der Waals surface area contributed by atoms with Crippen molar-refractivity contribution in [3.05, 3.63) is 52.6 Å². The number of allylic oxidation sites excluding steroid dienone is 3. The topological polar surface area (TPSA) is 0 Å². The summed E-state index contributed by atoms with van der Waals surface area (Å²) in [5.41, 5.74) is 5.67. The van der Waals surface area contributed by atoms with Crippen LogP contribution >= 0.6 is 0 Å². The van der Waals surface area contributed by atoms with Crippen molar-refractivity contribution in [2.45, 2.75) is 19.8 Å². The Morgan fingerprint density at radius 2 is 1.88 bits per heavy atom. The number of hydrogen-bond donors (Lipinski definition) is 0. The van der Waals surface area contributed by atoms with Gasteiger partial charge in [0, 0.05) is 0 Å². The first-order chi connectivity index (χ1) is 7.84. The second-order valence-corrected chi connectivity index (χ2v) is 4.66. The van der Waals surface area contributed by atoms with Gasteiger partial charge in [-0.15, -0.1) is 0 Å². The number of rotatable bonds is 0. The highest BCUT2D eigenvalue weighted by Crippen LogP contribution is 2.29. The maximum atomic E-state index is 2.29. The van der Waals surface area contributed by atoms with E-state index in [9.17, 15) is 0 Å². The number of aryl methyl sites for hydroxylation is 1. The van der Waals surface area contributed by atoms with Crippen molar-refractivity contribution >= 4 is 18.2 Å². The predicted molar refractivity (Wildman–Crippen MR) is 71.0 cm³/mol. The summed E-state index contributed by atoms with van der Waals surface area (Å²) in [4.78, 5) is 0. The summed E-state index contributed by atoms with van der Waals surface area (Å²) in [6, 6.07) is 4.54. The van der Waals surface area contributed by atoms with E-state index in [4.69, 9.17) is 0 Å². The molecule has 0 heterocycles. The monoisotopic (exact) mass is 208 g/mol. The van der Waals surface area contributed by atoms with E-state index < -0.39 is 0 Å². The molecule has 0 heteroatoms. The van der Waals surface area contributed by atoms with Crippen molar-refractivity contribution < 1.29 is 0 Å². The molecule has 0 aromatic heterocycles. The minimum absolute atomic E-state index is 0.538. The fraction of sp³-hybridized carbons (Fsp3) is 0.250. The van der Waals surface area contributed by atoms with Crippen molar-refractivity contribution in [2.24, 2.45) is 5.92 Å². The van der Waals surface area contributed by atoms with Crippen LogP contribution in [0.4, 0.5) is 0 Å². The van der Waals surface area contributed by atoms with E-state index >= 15 is 0 Å². The molecule has 0 nitrogen and oxygen atoms in total. The molecule has 0 saturated carbocycles. The number of benzene rings is 1. The lowest BCUT2D eigenvalue weighted by molar-refractivity contribution is 0.953. The summed E-state index contributed by atoms with van der Waals surface area (Å²) in [6.45, 7) is 2.22. The summed E-state index contributed by atoms with van der Waals surface area (Å²) in [5, 5.41) is 0. The minimum atomic E-state index is 0.538. The van der Waals surface area contributed by atoms with Gasteiger partial charge in [0.2, 0.25) is 0 Å². The third-order valence-electron chi connectivity index (χ3n) is 3.42. The molecule has 0 aliphatic heterocycles. The SMILES string of the molecule is CC1C=Cc2ccc3c(c2C=C1)C=CCC3. The molecule has 0 radical (unpaired) electrons. The Morgan fingerprint density at radius 1 is 1.00 bits per heavy atom. The van der Waals surface area contributed by atoms with Gasteiger partial charge in [0.1, 0.15) is 0 Å². The van der Waals surface area contributed by atoms with Gasteiger partial charge in [-0.1, -0.05) is 55.5 Å². The largest absolute Gasteiger partial charge is 0.0836 e.